The summed E-state index contributed by atoms with van der Waals surface area (Å²) >= 11 is 5.86. The van der Waals surface area contributed by atoms with Crippen LogP contribution in [0.4, 0.5) is 5.95 Å². The molecular formula is C11H17ClN4O3. The largest absolute Gasteiger partial charge is 0.467 e. The number of ether oxygens (including phenoxy) is 3. The van der Waals surface area contributed by atoms with E-state index in [4.69, 9.17) is 25.8 Å². The molecule has 2 heterocycles. The summed E-state index contributed by atoms with van der Waals surface area (Å²) in [5.41, 5.74) is 0. The number of anilines is 1. The van der Waals surface area contributed by atoms with Crippen molar-refractivity contribution in [3.63, 3.8) is 0 Å². The van der Waals surface area contributed by atoms with Gasteiger partial charge < -0.3 is 19.1 Å². The third-order valence-corrected chi connectivity index (χ3v) is 3.07. The Morgan fingerprint density at radius 2 is 1.84 bits per heavy atom. The molecule has 8 heteroatoms. The first-order valence-corrected chi connectivity index (χ1v) is 6.50. The molecule has 2 unspecified atom stereocenters. The maximum atomic E-state index is 5.86. The zero-order valence-electron chi connectivity index (χ0n) is 11.2. The molecule has 1 saturated heterocycles. The van der Waals surface area contributed by atoms with E-state index in [2.05, 4.69) is 15.0 Å². The lowest BCUT2D eigenvalue weighted by Gasteiger charge is -2.35. The van der Waals surface area contributed by atoms with Gasteiger partial charge in [-0.1, -0.05) is 0 Å². The molecule has 7 nitrogen and oxygen atoms in total. The molecule has 0 bridgehead atoms. The smallest absolute Gasteiger partial charge is 0.324 e. The molecule has 0 amide bonds. The van der Waals surface area contributed by atoms with Crippen LogP contribution in [0.15, 0.2) is 0 Å². The highest BCUT2D eigenvalue weighted by Gasteiger charge is 2.27. The Morgan fingerprint density at radius 3 is 2.37 bits per heavy atom. The molecule has 1 aromatic rings. The summed E-state index contributed by atoms with van der Waals surface area (Å²) < 4.78 is 15.8. The van der Waals surface area contributed by atoms with Gasteiger partial charge in [0.15, 0.2) is 0 Å². The number of rotatable bonds is 4. The Bertz CT molecular complexity index is 412. The normalized spacial score (nSPS) is 23.3. The third-order valence-electron chi connectivity index (χ3n) is 2.73. The standard InChI is InChI=1S/C11H17ClN4O3/c1-7-5-16(6-8(4-12)19-7)9-13-10(17-2)15-11(14-9)18-3/h7-8H,4-6H2,1-3H3. The van der Waals surface area contributed by atoms with Gasteiger partial charge in [-0.15, -0.1) is 16.6 Å². The van der Waals surface area contributed by atoms with Gasteiger partial charge in [0.1, 0.15) is 0 Å². The number of hydrogen-bond acceptors (Lipinski definition) is 7. The molecule has 2 atom stereocenters. The molecule has 0 radical (unpaired) electrons. The van der Waals surface area contributed by atoms with Crippen LogP contribution in [0.25, 0.3) is 0 Å². The minimum atomic E-state index is -0.0424. The molecule has 0 N–H and O–H groups in total. The minimum Gasteiger partial charge on any atom is -0.467 e. The summed E-state index contributed by atoms with van der Waals surface area (Å²) in [7, 11) is 3.00. The predicted molar refractivity (Wildman–Crippen MR) is 70.2 cm³/mol. The summed E-state index contributed by atoms with van der Waals surface area (Å²) in [6.07, 6.45) is 0.0189. The number of morpholine rings is 1. The maximum Gasteiger partial charge on any atom is 0.324 e. The predicted octanol–water partition coefficient (Wildman–Crippen LogP) is 0.721. The van der Waals surface area contributed by atoms with E-state index in [0.717, 1.165) is 0 Å². The van der Waals surface area contributed by atoms with Gasteiger partial charge in [0, 0.05) is 13.1 Å². The Morgan fingerprint density at radius 1 is 1.21 bits per heavy atom. The number of aromatic nitrogens is 3. The van der Waals surface area contributed by atoms with E-state index in [1.54, 1.807) is 0 Å². The highest BCUT2D eigenvalue weighted by Crippen LogP contribution is 2.20. The fourth-order valence-electron chi connectivity index (χ4n) is 1.95. The highest BCUT2D eigenvalue weighted by molar-refractivity contribution is 6.18. The number of hydrogen-bond donors (Lipinski definition) is 0. The van der Waals surface area contributed by atoms with E-state index in [1.807, 2.05) is 11.8 Å². The molecule has 0 aromatic carbocycles. The van der Waals surface area contributed by atoms with Crippen molar-refractivity contribution in [1.82, 2.24) is 15.0 Å². The Hall–Kier alpha value is -1.34. The van der Waals surface area contributed by atoms with Crippen molar-refractivity contribution in [2.75, 3.05) is 38.1 Å². The molecule has 0 spiro atoms. The zero-order valence-corrected chi connectivity index (χ0v) is 11.9. The summed E-state index contributed by atoms with van der Waals surface area (Å²) in [4.78, 5) is 14.4. The fourth-order valence-corrected chi connectivity index (χ4v) is 2.12. The second-order valence-corrected chi connectivity index (χ2v) is 4.55. The van der Waals surface area contributed by atoms with Crippen molar-refractivity contribution in [2.45, 2.75) is 19.1 Å². The summed E-state index contributed by atoms with van der Waals surface area (Å²) in [5.74, 6) is 0.939. The molecule has 1 fully saturated rings. The fraction of sp³-hybridized carbons (Fsp3) is 0.727. The first kappa shape index (κ1) is 14.1. The van der Waals surface area contributed by atoms with Crippen LogP contribution >= 0.6 is 11.6 Å². The maximum absolute atomic E-state index is 5.86. The van der Waals surface area contributed by atoms with Gasteiger partial charge in [0.2, 0.25) is 5.95 Å². The molecule has 0 saturated carbocycles. The number of halogens is 1. The molecule has 19 heavy (non-hydrogen) atoms. The van der Waals surface area contributed by atoms with Crippen LogP contribution in [0.3, 0.4) is 0 Å². The van der Waals surface area contributed by atoms with Gasteiger partial charge in [0.05, 0.1) is 32.3 Å². The quantitative estimate of drug-likeness (QED) is 0.756. The number of methoxy groups -OCH3 is 2. The highest BCUT2D eigenvalue weighted by atomic mass is 35.5. The Balaban J connectivity index is 2.24. The second-order valence-electron chi connectivity index (χ2n) is 4.24. The summed E-state index contributed by atoms with van der Waals surface area (Å²) in [6, 6.07) is 0.451. The van der Waals surface area contributed by atoms with Gasteiger partial charge in [-0.2, -0.15) is 9.97 Å². The Labute approximate surface area is 116 Å². The number of nitrogens with zero attached hydrogens (tertiary/aromatic N) is 4. The van der Waals surface area contributed by atoms with Crippen LogP contribution in [0.5, 0.6) is 12.0 Å². The monoisotopic (exact) mass is 288 g/mol. The minimum absolute atomic E-state index is 0.0424. The van der Waals surface area contributed by atoms with Crippen molar-refractivity contribution < 1.29 is 14.2 Å². The van der Waals surface area contributed by atoms with Crippen molar-refractivity contribution in [2.24, 2.45) is 0 Å². The SMILES string of the molecule is COc1nc(OC)nc(N2CC(C)OC(CCl)C2)n1. The van der Waals surface area contributed by atoms with Crippen molar-refractivity contribution in [1.29, 1.82) is 0 Å². The molecule has 1 aliphatic heterocycles. The second kappa shape index (κ2) is 6.21. The Kier molecular flexibility index (Phi) is 4.60. The third kappa shape index (κ3) is 3.36. The van der Waals surface area contributed by atoms with Gasteiger partial charge in [-0.25, -0.2) is 0 Å². The van der Waals surface area contributed by atoms with Gasteiger partial charge in [-0.05, 0) is 6.92 Å². The van der Waals surface area contributed by atoms with Crippen molar-refractivity contribution >= 4 is 17.5 Å². The van der Waals surface area contributed by atoms with Crippen LogP contribution in [-0.4, -0.2) is 60.3 Å². The van der Waals surface area contributed by atoms with Crippen LogP contribution in [0.2, 0.25) is 0 Å². The molecule has 1 aliphatic rings. The number of alkyl halides is 1. The van der Waals surface area contributed by atoms with Gasteiger partial charge in [0.25, 0.3) is 0 Å². The molecule has 106 valence electrons. The molecule has 1 aromatic heterocycles. The average molecular weight is 289 g/mol. The first-order chi connectivity index (χ1) is 9.16. The molecule has 2 rings (SSSR count). The van der Waals surface area contributed by atoms with Crippen LogP contribution in [-0.2, 0) is 4.74 Å². The van der Waals surface area contributed by atoms with E-state index < -0.39 is 0 Å². The molecule has 0 aliphatic carbocycles. The van der Waals surface area contributed by atoms with Crippen LogP contribution in [0.1, 0.15) is 6.92 Å². The van der Waals surface area contributed by atoms with E-state index >= 15 is 0 Å². The van der Waals surface area contributed by atoms with Crippen molar-refractivity contribution in [3.8, 4) is 12.0 Å². The summed E-state index contributed by atoms with van der Waals surface area (Å²) in [6.45, 7) is 3.30. The van der Waals surface area contributed by atoms with Gasteiger partial charge in [-0.3, -0.25) is 0 Å². The van der Waals surface area contributed by atoms with Crippen LogP contribution in [0, 0.1) is 0 Å². The summed E-state index contributed by atoms with van der Waals surface area (Å²) in [5, 5.41) is 0. The lowest BCUT2D eigenvalue weighted by Crippen LogP contribution is -2.48. The van der Waals surface area contributed by atoms with E-state index in [0.29, 0.717) is 24.9 Å². The lowest BCUT2D eigenvalue weighted by molar-refractivity contribution is -0.00392. The van der Waals surface area contributed by atoms with Gasteiger partial charge >= 0.3 is 12.0 Å². The average Bonchev–Trinajstić information content (AvgIpc) is 2.45. The van der Waals surface area contributed by atoms with E-state index in [1.165, 1.54) is 14.2 Å². The zero-order chi connectivity index (χ0) is 13.8. The topological polar surface area (TPSA) is 69.6 Å². The lowest BCUT2D eigenvalue weighted by atomic mass is 10.2. The van der Waals surface area contributed by atoms with E-state index in [-0.39, 0.29) is 24.2 Å². The van der Waals surface area contributed by atoms with Crippen LogP contribution < -0.4 is 14.4 Å². The molecular weight excluding hydrogens is 272 g/mol. The van der Waals surface area contributed by atoms with E-state index in [9.17, 15) is 0 Å². The first-order valence-electron chi connectivity index (χ1n) is 5.96. The van der Waals surface area contributed by atoms with Crippen molar-refractivity contribution in [3.05, 3.63) is 0 Å².